The summed E-state index contributed by atoms with van der Waals surface area (Å²) >= 11 is 12.2. The monoisotopic (exact) mass is 338 g/mol. The summed E-state index contributed by atoms with van der Waals surface area (Å²) in [6.45, 7) is 2.72. The smallest absolute Gasteiger partial charge is 0.223 e. The van der Waals surface area contributed by atoms with Crippen LogP contribution in [-0.4, -0.2) is 32.5 Å². The largest absolute Gasteiger partial charge is 0.336 e. The molecule has 2 heterocycles. The van der Waals surface area contributed by atoms with Gasteiger partial charge in [0.05, 0.1) is 16.1 Å². The van der Waals surface area contributed by atoms with E-state index >= 15 is 0 Å². The van der Waals surface area contributed by atoms with Gasteiger partial charge in [-0.25, -0.2) is 4.98 Å². The SMILES string of the molecule is CC1c2cc(Cl)c(Cl)cc2CCN1C(=O)CCc1ncn[nH]1. The van der Waals surface area contributed by atoms with Crippen LogP contribution in [0.1, 0.15) is 36.3 Å². The molecular formula is C15H16Cl2N4O. The Morgan fingerprint density at radius 1 is 1.41 bits per heavy atom. The van der Waals surface area contributed by atoms with E-state index < -0.39 is 0 Å². The minimum atomic E-state index is 0.000688. The number of benzene rings is 1. The first-order valence-corrected chi connectivity index (χ1v) is 7.93. The molecule has 7 heteroatoms. The Morgan fingerprint density at radius 3 is 2.91 bits per heavy atom. The third kappa shape index (κ3) is 2.96. The highest BCUT2D eigenvalue weighted by Crippen LogP contribution is 2.35. The molecule has 1 amide bonds. The maximum Gasteiger partial charge on any atom is 0.223 e. The highest BCUT2D eigenvalue weighted by Gasteiger charge is 2.28. The first-order valence-electron chi connectivity index (χ1n) is 7.18. The van der Waals surface area contributed by atoms with Crippen LogP contribution in [0.15, 0.2) is 18.5 Å². The zero-order valence-electron chi connectivity index (χ0n) is 12.1. The van der Waals surface area contributed by atoms with E-state index in [1.54, 1.807) is 0 Å². The lowest BCUT2D eigenvalue weighted by Crippen LogP contribution is -2.39. The van der Waals surface area contributed by atoms with E-state index in [1.807, 2.05) is 24.0 Å². The van der Waals surface area contributed by atoms with Gasteiger partial charge in [-0.15, -0.1) is 0 Å². The number of rotatable bonds is 3. The van der Waals surface area contributed by atoms with Crippen LogP contribution in [0.5, 0.6) is 0 Å². The molecule has 1 aliphatic heterocycles. The van der Waals surface area contributed by atoms with E-state index in [9.17, 15) is 4.79 Å². The van der Waals surface area contributed by atoms with Gasteiger partial charge in [-0.2, -0.15) is 5.10 Å². The summed E-state index contributed by atoms with van der Waals surface area (Å²) in [7, 11) is 0. The topological polar surface area (TPSA) is 61.9 Å². The van der Waals surface area contributed by atoms with Crippen molar-refractivity contribution in [3.63, 3.8) is 0 Å². The average molecular weight is 339 g/mol. The number of amides is 1. The van der Waals surface area contributed by atoms with Crippen LogP contribution >= 0.6 is 23.2 Å². The van der Waals surface area contributed by atoms with Gasteiger partial charge in [0.2, 0.25) is 5.91 Å². The number of carbonyl (C=O) groups is 1. The maximum absolute atomic E-state index is 12.5. The van der Waals surface area contributed by atoms with Gasteiger partial charge in [0, 0.05) is 19.4 Å². The molecule has 1 N–H and O–H groups in total. The number of hydrogen-bond donors (Lipinski definition) is 1. The van der Waals surface area contributed by atoms with E-state index in [2.05, 4.69) is 15.2 Å². The predicted molar refractivity (Wildman–Crippen MR) is 85.0 cm³/mol. The van der Waals surface area contributed by atoms with Gasteiger partial charge in [0.25, 0.3) is 0 Å². The van der Waals surface area contributed by atoms with Crippen molar-refractivity contribution in [3.05, 3.63) is 45.5 Å². The fourth-order valence-electron chi connectivity index (χ4n) is 2.87. The number of fused-ring (bicyclic) bond motifs is 1. The lowest BCUT2D eigenvalue weighted by Gasteiger charge is -2.35. The minimum absolute atomic E-state index is 0.000688. The second-order valence-corrected chi connectivity index (χ2v) is 6.22. The molecule has 2 aromatic rings. The Balaban J connectivity index is 1.73. The molecule has 5 nitrogen and oxygen atoms in total. The van der Waals surface area contributed by atoms with Crippen LogP contribution < -0.4 is 0 Å². The van der Waals surface area contributed by atoms with Gasteiger partial charge in [0.1, 0.15) is 12.2 Å². The molecule has 1 aliphatic rings. The molecule has 1 atom stereocenters. The van der Waals surface area contributed by atoms with Crippen molar-refractivity contribution < 1.29 is 4.79 Å². The number of nitrogens with zero attached hydrogens (tertiary/aromatic N) is 3. The van der Waals surface area contributed by atoms with Crippen LogP contribution in [0.25, 0.3) is 0 Å². The lowest BCUT2D eigenvalue weighted by molar-refractivity contribution is -0.133. The molecule has 0 spiro atoms. The molecule has 0 saturated heterocycles. The zero-order chi connectivity index (χ0) is 15.7. The number of hydrogen-bond acceptors (Lipinski definition) is 3. The number of aryl methyl sites for hydroxylation is 1. The second-order valence-electron chi connectivity index (χ2n) is 5.41. The summed E-state index contributed by atoms with van der Waals surface area (Å²) < 4.78 is 0. The Bertz CT molecular complexity index is 687. The number of aromatic amines is 1. The van der Waals surface area contributed by atoms with Crippen molar-refractivity contribution in [1.29, 1.82) is 0 Å². The van der Waals surface area contributed by atoms with Gasteiger partial charge in [-0.1, -0.05) is 23.2 Å². The molecule has 1 aromatic carbocycles. The molecule has 1 unspecified atom stereocenters. The number of halogens is 2. The molecular weight excluding hydrogens is 323 g/mol. The molecule has 22 heavy (non-hydrogen) atoms. The molecule has 0 bridgehead atoms. The van der Waals surface area contributed by atoms with Gasteiger partial charge in [-0.05, 0) is 36.6 Å². The van der Waals surface area contributed by atoms with E-state index in [0.717, 1.165) is 17.8 Å². The highest BCUT2D eigenvalue weighted by molar-refractivity contribution is 6.42. The van der Waals surface area contributed by atoms with Crippen molar-refractivity contribution in [2.24, 2.45) is 0 Å². The maximum atomic E-state index is 12.5. The van der Waals surface area contributed by atoms with Crippen LogP contribution in [-0.2, 0) is 17.6 Å². The number of carbonyl (C=O) groups excluding carboxylic acids is 1. The third-order valence-electron chi connectivity index (χ3n) is 4.08. The van der Waals surface area contributed by atoms with Crippen LogP contribution in [0, 0.1) is 0 Å². The highest BCUT2D eigenvalue weighted by atomic mass is 35.5. The molecule has 116 valence electrons. The Morgan fingerprint density at radius 2 is 2.18 bits per heavy atom. The standard InChI is InChI=1S/C15H16Cl2N4O/c1-9-11-7-13(17)12(16)6-10(11)4-5-21(9)15(22)3-2-14-18-8-19-20-14/h6-9H,2-5H2,1H3,(H,18,19,20). The van der Waals surface area contributed by atoms with Gasteiger partial charge >= 0.3 is 0 Å². The van der Waals surface area contributed by atoms with Crippen molar-refractivity contribution in [3.8, 4) is 0 Å². The molecule has 0 saturated carbocycles. The van der Waals surface area contributed by atoms with Crippen molar-refractivity contribution in [1.82, 2.24) is 20.1 Å². The molecule has 0 aliphatic carbocycles. The summed E-state index contributed by atoms with van der Waals surface area (Å²) in [5, 5.41) is 7.66. The molecule has 1 aromatic heterocycles. The van der Waals surface area contributed by atoms with Crippen LogP contribution in [0.4, 0.5) is 0 Å². The first-order chi connectivity index (χ1) is 10.6. The van der Waals surface area contributed by atoms with Crippen molar-refractivity contribution in [2.45, 2.75) is 32.2 Å². The normalized spacial score (nSPS) is 17.4. The second kappa shape index (κ2) is 6.26. The molecule has 0 fully saturated rings. The Labute approximate surface area is 138 Å². The van der Waals surface area contributed by atoms with E-state index in [4.69, 9.17) is 23.2 Å². The average Bonchev–Trinajstić information content (AvgIpc) is 3.01. The number of aromatic nitrogens is 3. The zero-order valence-corrected chi connectivity index (χ0v) is 13.7. The summed E-state index contributed by atoms with van der Waals surface area (Å²) in [5.41, 5.74) is 2.25. The van der Waals surface area contributed by atoms with Gasteiger partial charge in [0.15, 0.2) is 0 Å². The Hall–Kier alpha value is -1.59. The summed E-state index contributed by atoms with van der Waals surface area (Å²) in [6, 6.07) is 3.78. The van der Waals surface area contributed by atoms with E-state index in [0.29, 0.717) is 29.4 Å². The summed E-state index contributed by atoms with van der Waals surface area (Å²) in [5.74, 6) is 0.842. The number of nitrogens with one attached hydrogen (secondary N) is 1. The summed E-state index contributed by atoms with van der Waals surface area (Å²) in [4.78, 5) is 18.4. The van der Waals surface area contributed by atoms with Crippen LogP contribution in [0.3, 0.4) is 0 Å². The first kappa shape index (κ1) is 15.3. The molecule has 0 radical (unpaired) electrons. The van der Waals surface area contributed by atoms with Crippen molar-refractivity contribution in [2.75, 3.05) is 6.54 Å². The quantitative estimate of drug-likeness (QED) is 0.934. The lowest BCUT2D eigenvalue weighted by atomic mass is 9.93. The third-order valence-corrected chi connectivity index (χ3v) is 4.80. The van der Waals surface area contributed by atoms with Gasteiger partial charge in [-0.3, -0.25) is 9.89 Å². The van der Waals surface area contributed by atoms with Crippen LogP contribution in [0.2, 0.25) is 10.0 Å². The van der Waals surface area contributed by atoms with E-state index in [1.165, 1.54) is 11.9 Å². The number of H-pyrrole nitrogens is 1. The fourth-order valence-corrected chi connectivity index (χ4v) is 3.23. The minimum Gasteiger partial charge on any atom is -0.336 e. The van der Waals surface area contributed by atoms with Gasteiger partial charge < -0.3 is 4.90 Å². The van der Waals surface area contributed by atoms with Crippen molar-refractivity contribution >= 4 is 29.1 Å². The fraction of sp³-hybridized carbons (Fsp3) is 0.400. The van der Waals surface area contributed by atoms with E-state index in [-0.39, 0.29) is 11.9 Å². The Kier molecular flexibility index (Phi) is 4.36. The summed E-state index contributed by atoms with van der Waals surface area (Å²) in [6.07, 6.45) is 3.22. The predicted octanol–water partition coefficient (Wildman–Crippen LogP) is 3.19. The molecule has 3 rings (SSSR count).